The molecule has 0 saturated heterocycles. The molecule has 2 atom stereocenters. The lowest BCUT2D eigenvalue weighted by Crippen LogP contribution is -2.19. The molecule has 2 unspecified atom stereocenters. The minimum Gasteiger partial charge on any atom is -0.355 e. The molecule has 0 N–H and O–H groups in total. The first-order valence-corrected chi connectivity index (χ1v) is 5.42. The molecule has 0 fully saturated rings. The molecule has 1 aromatic rings. The fraction of sp³-hybridized carbons (Fsp3) is 0.417. The average molecular weight is 224 g/mol. The molecule has 0 radical (unpaired) electrons. The quantitative estimate of drug-likeness (QED) is 0.582. The van der Waals surface area contributed by atoms with E-state index in [1.54, 1.807) is 6.92 Å². The minimum atomic E-state index is -0.407. The first-order valence-electron chi connectivity index (χ1n) is 4.95. The summed E-state index contributed by atoms with van der Waals surface area (Å²) < 4.78 is 4.97. The third-order valence-electron chi connectivity index (χ3n) is 2.50. The van der Waals surface area contributed by atoms with Crippen LogP contribution in [-0.2, 0) is 4.52 Å². The Morgan fingerprint density at radius 2 is 1.73 bits per heavy atom. The predicted octanol–water partition coefficient (Wildman–Crippen LogP) is 2.99. The fourth-order valence-electron chi connectivity index (χ4n) is 1.83. The van der Waals surface area contributed by atoms with Gasteiger partial charge in [-0.05, 0) is 38.8 Å². The van der Waals surface area contributed by atoms with Crippen LogP contribution < -0.4 is 0 Å². The van der Waals surface area contributed by atoms with E-state index < -0.39 is 6.10 Å². The second-order valence-electron chi connectivity index (χ2n) is 3.92. The number of benzene rings is 1. The van der Waals surface area contributed by atoms with Crippen LogP contribution in [0.2, 0.25) is 0 Å². The molecule has 0 spiro atoms. The highest BCUT2D eigenvalue weighted by atomic mass is 31.0. The average Bonchev–Trinajstić information content (AvgIpc) is 2.14. The van der Waals surface area contributed by atoms with Crippen molar-refractivity contribution in [1.29, 1.82) is 0 Å². The van der Waals surface area contributed by atoms with E-state index in [1.165, 1.54) is 5.56 Å². The van der Waals surface area contributed by atoms with Crippen LogP contribution in [0.25, 0.3) is 0 Å². The molecule has 0 aliphatic heterocycles. The van der Waals surface area contributed by atoms with Crippen LogP contribution in [0.15, 0.2) is 12.1 Å². The van der Waals surface area contributed by atoms with Crippen molar-refractivity contribution in [3.63, 3.8) is 0 Å². The van der Waals surface area contributed by atoms with Gasteiger partial charge in [-0.1, -0.05) is 17.7 Å². The number of carbonyl (C=O) groups is 1. The molecule has 82 valence electrons. The van der Waals surface area contributed by atoms with Crippen molar-refractivity contribution < 1.29 is 9.32 Å². The summed E-state index contributed by atoms with van der Waals surface area (Å²) in [7, 11) is 2.13. The zero-order chi connectivity index (χ0) is 11.6. The Bertz CT molecular complexity index is 362. The van der Waals surface area contributed by atoms with E-state index in [-0.39, 0.29) is 5.78 Å². The molecular formula is C12H17O2P. The van der Waals surface area contributed by atoms with Crippen molar-refractivity contribution in [2.45, 2.75) is 33.8 Å². The van der Waals surface area contributed by atoms with Crippen LogP contribution in [0.1, 0.15) is 34.0 Å². The third-order valence-corrected chi connectivity index (χ3v) is 2.91. The summed E-state index contributed by atoms with van der Waals surface area (Å²) in [4.78, 5) is 12.0. The topological polar surface area (TPSA) is 26.3 Å². The van der Waals surface area contributed by atoms with Gasteiger partial charge in [0.05, 0.1) is 0 Å². The van der Waals surface area contributed by atoms with E-state index in [2.05, 4.69) is 9.47 Å². The van der Waals surface area contributed by atoms with Crippen LogP contribution in [0, 0.1) is 20.8 Å². The van der Waals surface area contributed by atoms with Crippen molar-refractivity contribution in [2.24, 2.45) is 0 Å². The van der Waals surface area contributed by atoms with Gasteiger partial charge in [0, 0.05) is 15.0 Å². The highest BCUT2D eigenvalue weighted by Crippen LogP contribution is 2.19. The molecule has 15 heavy (non-hydrogen) atoms. The molecule has 0 saturated carbocycles. The van der Waals surface area contributed by atoms with Gasteiger partial charge in [0.25, 0.3) is 0 Å². The molecule has 0 amide bonds. The van der Waals surface area contributed by atoms with Crippen molar-refractivity contribution in [3.05, 3.63) is 34.4 Å². The lowest BCUT2D eigenvalue weighted by molar-refractivity contribution is 0.0843. The van der Waals surface area contributed by atoms with Crippen LogP contribution in [-0.4, -0.2) is 11.9 Å². The first-order chi connectivity index (χ1) is 6.97. The zero-order valence-electron chi connectivity index (χ0n) is 9.63. The van der Waals surface area contributed by atoms with Gasteiger partial charge in [-0.25, -0.2) is 0 Å². The largest absolute Gasteiger partial charge is 0.355 e. The van der Waals surface area contributed by atoms with Crippen LogP contribution >= 0.6 is 9.47 Å². The predicted molar refractivity (Wildman–Crippen MR) is 65.2 cm³/mol. The monoisotopic (exact) mass is 224 g/mol. The molecule has 3 heteroatoms. The molecule has 2 nitrogen and oxygen atoms in total. The Labute approximate surface area is 93.3 Å². The molecule has 0 bridgehead atoms. The molecule has 1 aromatic carbocycles. The van der Waals surface area contributed by atoms with Gasteiger partial charge in [0.1, 0.15) is 6.10 Å². The fourth-order valence-corrected chi connectivity index (χ4v) is 1.96. The van der Waals surface area contributed by atoms with Gasteiger partial charge in [-0.3, -0.25) is 4.79 Å². The Hall–Kier alpha value is -0.720. The Morgan fingerprint density at radius 1 is 1.27 bits per heavy atom. The third kappa shape index (κ3) is 2.64. The maximum Gasteiger partial charge on any atom is 0.192 e. The van der Waals surface area contributed by atoms with Gasteiger partial charge >= 0.3 is 0 Å². The van der Waals surface area contributed by atoms with E-state index in [0.717, 1.165) is 16.7 Å². The van der Waals surface area contributed by atoms with E-state index in [1.807, 2.05) is 32.9 Å². The smallest absolute Gasteiger partial charge is 0.192 e. The normalized spacial score (nSPS) is 12.6. The van der Waals surface area contributed by atoms with Gasteiger partial charge in [0.15, 0.2) is 5.78 Å². The Kier molecular flexibility index (Phi) is 4.01. The second-order valence-corrected chi connectivity index (χ2v) is 4.19. The standard InChI is InChI=1S/C12H17O2P/c1-7-5-8(2)11(9(3)6-7)12(13)10(4)14-15/h5-6,10H,15H2,1-4H3. The summed E-state index contributed by atoms with van der Waals surface area (Å²) >= 11 is 0. The van der Waals surface area contributed by atoms with Crippen LogP contribution in [0.5, 0.6) is 0 Å². The molecule has 1 rings (SSSR count). The van der Waals surface area contributed by atoms with Crippen LogP contribution in [0.3, 0.4) is 0 Å². The molecule has 0 aliphatic carbocycles. The maximum absolute atomic E-state index is 12.0. The zero-order valence-corrected chi connectivity index (χ0v) is 10.8. The number of aryl methyl sites for hydroxylation is 3. The van der Waals surface area contributed by atoms with Gasteiger partial charge in [0.2, 0.25) is 0 Å². The van der Waals surface area contributed by atoms with Crippen molar-refractivity contribution in [3.8, 4) is 0 Å². The first kappa shape index (κ1) is 12.4. The van der Waals surface area contributed by atoms with Gasteiger partial charge in [-0.2, -0.15) is 0 Å². The van der Waals surface area contributed by atoms with Crippen LogP contribution in [0.4, 0.5) is 0 Å². The summed E-state index contributed by atoms with van der Waals surface area (Å²) in [6.07, 6.45) is -0.407. The Balaban J connectivity index is 3.20. The van der Waals surface area contributed by atoms with Gasteiger partial charge < -0.3 is 4.52 Å². The SMILES string of the molecule is Cc1cc(C)c(C(=O)C(C)OP)c(C)c1. The van der Waals surface area contributed by atoms with Crippen molar-refractivity contribution in [2.75, 3.05) is 0 Å². The molecule has 0 aromatic heterocycles. The van der Waals surface area contributed by atoms with Crippen molar-refractivity contribution >= 4 is 15.2 Å². The molecule has 0 heterocycles. The summed E-state index contributed by atoms with van der Waals surface area (Å²) in [5.74, 6) is 0.0417. The molecule has 0 aliphatic rings. The van der Waals surface area contributed by atoms with E-state index in [0.29, 0.717) is 0 Å². The van der Waals surface area contributed by atoms with Gasteiger partial charge in [-0.15, -0.1) is 0 Å². The Morgan fingerprint density at radius 3 is 2.13 bits per heavy atom. The number of rotatable bonds is 3. The van der Waals surface area contributed by atoms with E-state index in [9.17, 15) is 4.79 Å². The second kappa shape index (κ2) is 4.87. The minimum absolute atomic E-state index is 0.0417. The summed E-state index contributed by atoms with van der Waals surface area (Å²) in [6.45, 7) is 7.71. The summed E-state index contributed by atoms with van der Waals surface area (Å²) in [5.41, 5.74) is 4.01. The summed E-state index contributed by atoms with van der Waals surface area (Å²) in [5, 5.41) is 0. The number of hydrogen-bond donors (Lipinski definition) is 0. The number of hydrogen-bond acceptors (Lipinski definition) is 2. The highest BCUT2D eigenvalue weighted by Gasteiger charge is 2.18. The lowest BCUT2D eigenvalue weighted by Gasteiger charge is -2.13. The lowest BCUT2D eigenvalue weighted by atomic mass is 9.95. The van der Waals surface area contributed by atoms with E-state index >= 15 is 0 Å². The highest BCUT2D eigenvalue weighted by molar-refractivity contribution is 7.09. The molecular weight excluding hydrogens is 207 g/mol. The number of carbonyl (C=O) groups excluding carboxylic acids is 1. The van der Waals surface area contributed by atoms with Crippen molar-refractivity contribution in [1.82, 2.24) is 0 Å². The maximum atomic E-state index is 12.0. The van der Waals surface area contributed by atoms with E-state index in [4.69, 9.17) is 4.52 Å². The number of Topliss-reactive ketones (excluding diaryl/α,β-unsaturated/α-hetero) is 1. The summed E-state index contributed by atoms with van der Waals surface area (Å²) in [6, 6.07) is 4.05. The number of ketones is 1.